The molecule has 2 unspecified atom stereocenters. The molecule has 0 radical (unpaired) electrons. The molecule has 2 N–H and O–H groups in total. The van der Waals surface area contributed by atoms with Gasteiger partial charge in [-0.3, -0.25) is 0 Å². The molecule has 2 aromatic rings. The van der Waals surface area contributed by atoms with Gasteiger partial charge in [-0.2, -0.15) is 4.98 Å². The Morgan fingerprint density at radius 1 is 0.885 bits per heavy atom. The summed E-state index contributed by atoms with van der Waals surface area (Å²) in [4.78, 5) is 9.55. The molecule has 3 rings (SSSR count). The molecule has 2 atom stereocenters. The van der Waals surface area contributed by atoms with Gasteiger partial charge in [0, 0.05) is 25.1 Å². The molecule has 0 saturated heterocycles. The lowest BCUT2D eigenvalue weighted by Gasteiger charge is -2.37. The second kappa shape index (κ2) is 8.52. The van der Waals surface area contributed by atoms with Crippen LogP contribution in [0, 0.1) is 11.8 Å². The summed E-state index contributed by atoms with van der Waals surface area (Å²) < 4.78 is 0. The van der Waals surface area contributed by atoms with E-state index in [2.05, 4.69) is 79.7 Å². The third kappa shape index (κ3) is 4.75. The number of nitrogens with zero attached hydrogens (tertiary/aromatic N) is 2. The molecule has 140 valence electrons. The van der Waals surface area contributed by atoms with Crippen LogP contribution < -0.4 is 10.6 Å². The van der Waals surface area contributed by atoms with E-state index in [9.17, 15) is 0 Å². The quantitative estimate of drug-likeness (QED) is 0.679. The molecule has 1 heterocycles. The zero-order valence-electron chi connectivity index (χ0n) is 16.5. The molecule has 1 aliphatic carbocycles. The maximum Gasteiger partial charge on any atom is 0.224 e. The van der Waals surface area contributed by atoms with Crippen molar-refractivity contribution in [2.45, 2.75) is 52.4 Å². The summed E-state index contributed by atoms with van der Waals surface area (Å²) in [5, 5.41) is 6.89. The average Bonchev–Trinajstić information content (AvgIpc) is 2.58. The van der Waals surface area contributed by atoms with Crippen LogP contribution in [0.25, 0.3) is 0 Å². The minimum absolute atomic E-state index is 0.486. The van der Waals surface area contributed by atoms with Gasteiger partial charge in [-0.15, -0.1) is 0 Å². The molecule has 1 fully saturated rings. The molecule has 4 heteroatoms. The van der Waals surface area contributed by atoms with Gasteiger partial charge in [0.25, 0.3) is 0 Å². The number of rotatable bonds is 8. The van der Waals surface area contributed by atoms with E-state index in [1.807, 2.05) is 0 Å². The number of hydrogen-bond donors (Lipinski definition) is 2. The van der Waals surface area contributed by atoms with Gasteiger partial charge in [-0.05, 0) is 36.2 Å². The lowest BCUT2D eigenvalue weighted by atomic mass is 9.68. The Morgan fingerprint density at radius 3 is 2.15 bits per heavy atom. The van der Waals surface area contributed by atoms with Gasteiger partial charge in [0.1, 0.15) is 5.82 Å². The fourth-order valence-electron chi connectivity index (χ4n) is 3.38. The molecule has 1 aromatic heterocycles. The molecule has 1 aliphatic rings. The average molecular weight is 353 g/mol. The predicted molar refractivity (Wildman–Crippen MR) is 110 cm³/mol. The standard InChI is InChI=1S/C22H32N4/c1-15(2)13-23-21-12-20(25-22(26-21)24-14-16(3)4)19-11-10-18(19)17-8-6-5-7-9-17/h5-9,12,15-16,18-19H,10-11,13-14H2,1-4H3,(H2,23,24,25,26). The molecule has 0 bridgehead atoms. The van der Waals surface area contributed by atoms with Crippen LogP contribution in [0.1, 0.15) is 63.6 Å². The third-order valence-corrected chi connectivity index (χ3v) is 4.99. The van der Waals surface area contributed by atoms with Crippen molar-refractivity contribution in [1.82, 2.24) is 9.97 Å². The van der Waals surface area contributed by atoms with Crippen LogP contribution in [0.15, 0.2) is 36.4 Å². The summed E-state index contributed by atoms with van der Waals surface area (Å²) in [6.45, 7) is 10.6. The summed E-state index contributed by atoms with van der Waals surface area (Å²) in [5.74, 6) is 3.90. The van der Waals surface area contributed by atoms with Crippen molar-refractivity contribution >= 4 is 11.8 Å². The fourth-order valence-corrected chi connectivity index (χ4v) is 3.38. The number of nitrogens with one attached hydrogen (secondary N) is 2. The molecule has 4 nitrogen and oxygen atoms in total. The van der Waals surface area contributed by atoms with E-state index in [-0.39, 0.29) is 0 Å². The first-order valence-corrected chi connectivity index (χ1v) is 9.94. The maximum atomic E-state index is 4.87. The Hall–Kier alpha value is -2.10. The first-order chi connectivity index (χ1) is 12.5. The zero-order chi connectivity index (χ0) is 18.5. The van der Waals surface area contributed by atoms with E-state index in [0.29, 0.717) is 23.7 Å². The monoisotopic (exact) mass is 352 g/mol. The summed E-state index contributed by atoms with van der Waals surface area (Å²) in [5.41, 5.74) is 2.59. The van der Waals surface area contributed by atoms with Crippen molar-refractivity contribution in [2.24, 2.45) is 11.8 Å². The zero-order valence-corrected chi connectivity index (χ0v) is 16.5. The summed E-state index contributed by atoms with van der Waals surface area (Å²) in [6.07, 6.45) is 2.44. The third-order valence-electron chi connectivity index (χ3n) is 4.99. The largest absolute Gasteiger partial charge is 0.370 e. The van der Waals surface area contributed by atoms with E-state index < -0.39 is 0 Å². The van der Waals surface area contributed by atoms with Crippen LogP contribution in [0.3, 0.4) is 0 Å². The van der Waals surface area contributed by atoms with Crippen LogP contribution >= 0.6 is 0 Å². The van der Waals surface area contributed by atoms with Crippen molar-refractivity contribution in [3.63, 3.8) is 0 Å². The second-order valence-corrected chi connectivity index (χ2v) is 8.25. The minimum Gasteiger partial charge on any atom is -0.370 e. The Kier molecular flexibility index (Phi) is 6.12. The number of hydrogen-bond acceptors (Lipinski definition) is 4. The van der Waals surface area contributed by atoms with Crippen molar-refractivity contribution in [2.75, 3.05) is 23.7 Å². The lowest BCUT2D eigenvalue weighted by Crippen LogP contribution is -2.24. The van der Waals surface area contributed by atoms with E-state index in [1.54, 1.807) is 0 Å². The smallest absolute Gasteiger partial charge is 0.224 e. The molecule has 1 saturated carbocycles. The van der Waals surface area contributed by atoms with Crippen molar-refractivity contribution < 1.29 is 0 Å². The summed E-state index contributed by atoms with van der Waals surface area (Å²) >= 11 is 0. The first kappa shape index (κ1) is 18.7. The van der Waals surface area contributed by atoms with E-state index in [4.69, 9.17) is 4.98 Å². The molecule has 0 spiro atoms. The van der Waals surface area contributed by atoms with E-state index in [1.165, 1.54) is 18.4 Å². The van der Waals surface area contributed by atoms with Crippen molar-refractivity contribution in [1.29, 1.82) is 0 Å². The Labute approximate surface area is 157 Å². The number of anilines is 2. The fraction of sp³-hybridized carbons (Fsp3) is 0.545. The second-order valence-electron chi connectivity index (χ2n) is 8.25. The summed E-state index contributed by atoms with van der Waals surface area (Å²) in [6, 6.07) is 13.0. The van der Waals surface area contributed by atoms with Crippen LogP contribution in [-0.4, -0.2) is 23.1 Å². The molecule has 26 heavy (non-hydrogen) atoms. The lowest BCUT2D eigenvalue weighted by molar-refractivity contribution is 0.340. The highest BCUT2D eigenvalue weighted by Gasteiger charge is 2.34. The maximum absolute atomic E-state index is 4.87. The van der Waals surface area contributed by atoms with Gasteiger partial charge in [0.15, 0.2) is 0 Å². The highest BCUT2D eigenvalue weighted by molar-refractivity contribution is 5.45. The first-order valence-electron chi connectivity index (χ1n) is 9.94. The molecule has 1 aromatic carbocycles. The van der Waals surface area contributed by atoms with Crippen LogP contribution in [-0.2, 0) is 0 Å². The number of aromatic nitrogens is 2. The van der Waals surface area contributed by atoms with Gasteiger partial charge < -0.3 is 10.6 Å². The normalized spacial score (nSPS) is 19.5. The van der Waals surface area contributed by atoms with Gasteiger partial charge in [-0.25, -0.2) is 4.98 Å². The van der Waals surface area contributed by atoms with Gasteiger partial charge in [0.05, 0.1) is 5.69 Å². The van der Waals surface area contributed by atoms with Crippen LogP contribution in [0.4, 0.5) is 11.8 Å². The number of benzene rings is 1. The highest BCUT2D eigenvalue weighted by Crippen LogP contribution is 2.48. The minimum atomic E-state index is 0.486. The predicted octanol–water partition coefficient (Wildman–Crippen LogP) is 5.27. The van der Waals surface area contributed by atoms with E-state index in [0.717, 1.165) is 30.5 Å². The van der Waals surface area contributed by atoms with E-state index >= 15 is 0 Å². The van der Waals surface area contributed by atoms with Gasteiger partial charge >= 0.3 is 0 Å². The van der Waals surface area contributed by atoms with Crippen LogP contribution in [0.5, 0.6) is 0 Å². The Bertz CT molecular complexity index is 666. The highest BCUT2D eigenvalue weighted by atomic mass is 15.1. The molecular weight excluding hydrogens is 320 g/mol. The van der Waals surface area contributed by atoms with Crippen molar-refractivity contribution in [3.8, 4) is 0 Å². The molecule has 0 aliphatic heterocycles. The van der Waals surface area contributed by atoms with Crippen molar-refractivity contribution in [3.05, 3.63) is 47.7 Å². The van der Waals surface area contributed by atoms with Gasteiger partial charge in [0.2, 0.25) is 5.95 Å². The molecule has 0 amide bonds. The topological polar surface area (TPSA) is 49.8 Å². The van der Waals surface area contributed by atoms with Crippen LogP contribution in [0.2, 0.25) is 0 Å². The Morgan fingerprint density at radius 2 is 1.54 bits per heavy atom. The SMILES string of the molecule is CC(C)CNc1cc(C2CCC2c2ccccc2)nc(NCC(C)C)n1. The summed E-state index contributed by atoms with van der Waals surface area (Å²) in [7, 11) is 0. The molecular formula is C22H32N4. The Balaban J connectivity index is 1.82. The van der Waals surface area contributed by atoms with Gasteiger partial charge in [-0.1, -0.05) is 58.0 Å².